The molecule has 3 heteroatoms. The smallest absolute Gasteiger partial charge is 0.168 e. The summed E-state index contributed by atoms with van der Waals surface area (Å²) in [6, 6.07) is 8.27. The zero-order chi connectivity index (χ0) is 21.8. The summed E-state index contributed by atoms with van der Waals surface area (Å²) < 4.78 is 0. The van der Waals surface area contributed by atoms with Crippen LogP contribution in [0.25, 0.3) is 10.8 Å². The lowest BCUT2D eigenvalue weighted by Gasteiger charge is -2.12. The van der Waals surface area contributed by atoms with E-state index in [1.165, 1.54) is 22.1 Å². The van der Waals surface area contributed by atoms with Crippen LogP contribution in [-0.4, -0.2) is 23.8 Å². The van der Waals surface area contributed by atoms with E-state index in [1.54, 1.807) is 0 Å². The van der Waals surface area contributed by atoms with Crippen molar-refractivity contribution < 1.29 is 4.79 Å². The van der Waals surface area contributed by atoms with Crippen molar-refractivity contribution in [3.05, 3.63) is 82.5 Å². The van der Waals surface area contributed by atoms with Gasteiger partial charge in [0, 0.05) is 29.8 Å². The first kappa shape index (κ1) is 21.6. The van der Waals surface area contributed by atoms with Crippen LogP contribution in [-0.2, 0) is 6.42 Å². The van der Waals surface area contributed by atoms with Crippen molar-refractivity contribution in [1.29, 1.82) is 5.41 Å². The molecule has 0 aromatic heterocycles. The Bertz CT molecular complexity index is 1130. The summed E-state index contributed by atoms with van der Waals surface area (Å²) in [4.78, 5) is 17.4. The summed E-state index contributed by atoms with van der Waals surface area (Å²) in [5, 5.41) is 10.7. The number of nitrogens with zero attached hydrogens (tertiary/aromatic N) is 1. The van der Waals surface area contributed by atoms with E-state index in [4.69, 9.17) is 5.41 Å². The maximum atomic E-state index is 13.0. The Morgan fingerprint density at radius 1 is 1.10 bits per heavy atom. The predicted molar refractivity (Wildman–Crippen MR) is 128 cm³/mol. The van der Waals surface area contributed by atoms with Crippen LogP contribution in [0, 0.1) is 19.3 Å². The zero-order valence-corrected chi connectivity index (χ0v) is 18.4. The number of nitrogens with one attached hydrogen (secondary N) is 1. The van der Waals surface area contributed by atoms with Gasteiger partial charge >= 0.3 is 0 Å². The number of carbonyl (C=O) groups is 1. The van der Waals surface area contributed by atoms with Crippen molar-refractivity contribution in [1.82, 2.24) is 0 Å². The van der Waals surface area contributed by atoms with E-state index in [9.17, 15) is 4.79 Å². The van der Waals surface area contributed by atoms with Gasteiger partial charge in [-0.3, -0.25) is 9.79 Å². The number of benzene rings is 2. The molecule has 0 amide bonds. The van der Waals surface area contributed by atoms with Crippen LogP contribution in [0.5, 0.6) is 0 Å². The normalized spacial score (nSPS) is 13.9. The molecule has 0 unspecified atom stereocenters. The third kappa shape index (κ3) is 5.10. The average molecular weight is 399 g/mol. The second-order valence-electron chi connectivity index (χ2n) is 8.34. The highest BCUT2D eigenvalue weighted by atomic mass is 16.1. The van der Waals surface area contributed by atoms with Gasteiger partial charge in [0.05, 0.1) is 6.54 Å². The SMILES string of the molecule is C=CCc1cc(C)c2c(C)cc(C(=O)CC(=N)CC3=CC(C)=NCC(C)=C3)cc2c1. The summed E-state index contributed by atoms with van der Waals surface area (Å²) in [6.45, 7) is 12.7. The molecule has 1 heterocycles. The van der Waals surface area contributed by atoms with Crippen molar-refractivity contribution in [2.45, 2.75) is 47.0 Å². The first-order valence-electron chi connectivity index (χ1n) is 10.4. The molecule has 154 valence electrons. The molecule has 0 spiro atoms. The second kappa shape index (κ2) is 9.17. The Morgan fingerprint density at radius 3 is 2.57 bits per heavy atom. The van der Waals surface area contributed by atoms with Crippen LogP contribution in [0.2, 0.25) is 0 Å². The van der Waals surface area contributed by atoms with Crippen molar-refractivity contribution >= 4 is 28.0 Å². The molecule has 0 radical (unpaired) electrons. The number of hydrogen-bond acceptors (Lipinski definition) is 3. The number of hydrogen-bond donors (Lipinski definition) is 1. The highest BCUT2D eigenvalue weighted by Crippen LogP contribution is 2.27. The van der Waals surface area contributed by atoms with Gasteiger partial charge in [0.2, 0.25) is 0 Å². The van der Waals surface area contributed by atoms with E-state index in [1.807, 2.05) is 38.1 Å². The van der Waals surface area contributed by atoms with Gasteiger partial charge in [0.1, 0.15) is 0 Å². The molecular formula is C27H30N2O. The fourth-order valence-electron chi connectivity index (χ4n) is 4.18. The number of aliphatic imine (C=N–C) groups is 1. The molecule has 2 aromatic carbocycles. The molecule has 0 fully saturated rings. The minimum Gasteiger partial charge on any atom is -0.309 e. The Labute approximate surface area is 179 Å². The summed E-state index contributed by atoms with van der Waals surface area (Å²) in [5.41, 5.74) is 7.81. The van der Waals surface area contributed by atoms with Crippen molar-refractivity contribution in [2.75, 3.05) is 6.54 Å². The van der Waals surface area contributed by atoms with Crippen molar-refractivity contribution in [2.24, 2.45) is 4.99 Å². The Morgan fingerprint density at radius 2 is 1.83 bits per heavy atom. The molecule has 0 atom stereocenters. The lowest BCUT2D eigenvalue weighted by atomic mass is 9.92. The van der Waals surface area contributed by atoms with Crippen molar-refractivity contribution in [3.8, 4) is 0 Å². The standard InChI is InChI=1S/C27H30N2O/c1-6-7-21-9-18(3)27-19(4)10-23(14-24(27)12-21)26(30)15-25(28)13-22-8-17(2)16-29-20(5)11-22/h6,8-12,14,28H,1,7,13,15-16H2,2-5H3. The van der Waals surface area contributed by atoms with Gasteiger partial charge in [-0.25, -0.2) is 0 Å². The number of fused-ring (bicyclic) bond motifs is 1. The van der Waals surface area contributed by atoms with Gasteiger partial charge in [-0.05, 0) is 85.4 Å². The van der Waals surface area contributed by atoms with Crippen LogP contribution >= 0.6 is 0 Å². The molecular weight excluding hydrogens is 368 g/mol. The molecule has 1 aliphatic heterocycles. The Kier molecular flexibility index (Phi) is 6.61. The highest BCUT2D eigenvalue weighted by molar-refractivity contribution is 6.11. The maximum absolute atomic E-state index is 13.0. The topological polar surface area (TPSA) is 53.3 Å². The molecule has 0 aliphatic carbocycles. The number of allylic oxidation sites excluding steroid dienone is 4. The number of rotatable bonds is 7. The molecule has 1 N–H and O–H groups in total. The Balaban J connectivity index is 1.82. The van der Waals surface area contributed by atoms with E-state index in [2.05, 4.69) is 43.6 Å². The van der Waals surface area contributed by atoms with E-state index < -0.39 is 0 Å². The summed E-state index contributed by atoms with van der Waals surface area (Å²) in [7, 11) is 0. The van der Waals surface area contributed by atoms with E-state index in [0.717, 1.165) is 28.7 Å². The summed E-state index contributed by atoms with van der Waals surface area (Å²) >= 11 is 0. The zero-order valence-electron chi connectivity index (χ0n) is 18.4. The molecule has 0 bridgehead atoms. The fraction of sp³-hybridized carbons (Fsp3) is 0.296. The molecule has 3 rings (SSSR count). The number of aryl methyl sites for hydroxylation is 2. The van der Waals surface area contributed by atoms with Gasteiger partial charge in [0.25, 0.3) is 0 Å². The van der Waals surface area contributed by atoms with E-state index in [0.29, 0.717) is 24.2 Å². The van der Waals surface area contributed by atoms with E-state index in [-0.39, 0.29) is 12.2 Å². The minimum absolute atomic E-state index is 0.00270. The number of ketones is 1. The largest absolute Gasteiger partial charge is 0.309 e. The van der Waals surface area contributed by atoms with Gasteiger partial charge in [-0.1, -0.05) is 29.9 Å². The van der Waals surface area contributed by atoms with E-state index >= 15 is 0 Å². The van der Waals surface area contributed by atoms with Gasteiger partial charge in [0.15, 0.2) is 5.78 Å². The molecule has 0 saturated heterocycles. The quantitative estimate of drug-likeness (QED) is 0.322. The summed E-state index contributed by atoms with van der Waals surface area (Å²) in [6.07, 6.45) is 7.42. The first-order chi connectivity index (χ1) is 14.3. The van der Waals surface area contributed by atoms with Crippen LogP contribution < -0.4 is 0 Å². The lowest BCUT2D eigenvalue weighted by Crippen LogP contribution is -2.09. The lowest BCUT2D eigenvalue weighted by molar-refractivity contribution is 0.1000. The number of carbonyl (C=O) groups excluding carboxylic acids is 1. The molecule has 2 aromatic rings. The van der Waals surface area contributed by atoms with Crippen LogP contribution in [0.15, 0.2) is 65.2 Å². The highest BCUT2D eigenvalue weighted by Gasteiger charge is 2.14. The molecule has 0 saturated carbocycles. The third-order valence-electron chi connectivity index (χ3n) is 5.40. The second-order valence-corrected chi connectivity index (χ2v) is 8.34. The minimum atomic E-state index is -0.00270. The van der Waals surface area contributed by atoms with Gasteiger partial charge < -0.3 is 5.41 Å². The fourth-order valence-corrected chi connectivity index (χ4v) is 4.18. The van der Waals surface area contributed by atoms with Crippen LogP contribution in [0.1, 0.15) is 53.7 Å². The van der Waals surface area contributed by atoms with Crippen LogP contribution in [0.4, 0.5) is 0 Å². The molecule has 30 heavy (non-hydrogen) atoms. The van der Waals surface area contributed by atoms with Gasteiger partial charge in [-0.15, -0.1) is 6.58 Å². The Hall–Kier alpha value is -3.07. The molecule has 1 aliphatic rings. The first-order valence-corrected chi connectivity index (χ1v) is 10.4. The molecule has 3 nitrogen and oxygen atoms in total. The average Bonchev–Trinajstić information content (AvgIpc) is 2.81. The van der Waals surface area contributed by atoms with Crippen molar-refractivity contribution in [3.63, 3.8) is 0 Å². The number of Topliss-reactive ketones (excluding diaryl/α,β-unsaturated/α-hetero) is 1. The predicted octanol–water partition coefficient (Wildman–Crippen LogP) is 6.52. The third-order valence-corrected chi connectivity index (χ3v) is 5.40. The van der Waals surface area contributed by atoms with Gasteiger partial charge in [-0.2, -0.15) is 0 Å². The maximum Gasteiger partial charge on any atom is 0.168 e. The summed E-state index contributed by atoms with van der Waals surface area (Å²) in [5.74, 6) is -0.00270. The van der Waals surface area contributed by atoms with Crippen LogP contribution in [0.3, 0.4) is 0 Å². The monoisotopic (exact) mass is 398 g/mol.